The number of benzene rings is 2. The summed E-state index contributed by atoms with van der Waals surface area (Å²) in [6.07, 6.45) is 8.73. The third-order valence-corrected chi connectivity index (χ3v) is 8.35. The Morgan fingerprint density at radius 1 is 0.875 bits per heavy atom. The van der Waals surface area contributed by atoms with E-state index in [-0.39, 0.29) is 11.7 Å². The largest absolute Gasteiger partial charge is 0.312 e. The van der Waals surface area contributed by atoms with Crippen molar-refractivity contribution in [2.75, 3.05) is 24.5 Å². The Hall–Kier alpha value is -2.46. The van der Waals surface area contributed by atoms with Crippen LogP contribution in [0, 0.1) is 5.92 Å². The molecule has 0 unspecified atom stereocenters. The zero-order chi connectivity index (χ0) is 21.7. The summed E-state index contributed by atoms with van der Waals surface area (Å²) in [5.74, 6) is 1.19. The number of carbonyl (C=O) groups excluding carboxylic acids is 2. The average Bonchev–Trinajstić information content (AvgIpc) is 3.45. The van der Waals surface area contributed by atoms with Crippen molar-refractivity contribution in [3.8, 4) is 0 Å². The van der Waals surface area contributed by atoms with Crippen LogP contribution in [0.5, 0.6) is 0 Å². The number of aryl methyl sites for hydroxylation is 1. The Bertz CT molecular complexity index is 1040. The molecule has 0 N–H and O–H groups in total. The van der Waals surface area contributed by atoms with Gasteiger partial charge in [0.05, 0.1) is 5.69 Å². The van der Waals surface area contributed by atoms with E-state index in [0.717, 1.165) is 37.1 Å². The standard InChI is InChI=1S/C28H32N2O2/c31-26(24-15-22-6-8-27(32)30-14-11-23(16-24)28(22)30)7-5-19-9-12-29(13-10-19)25-17-20-3-1-2-4-21(20)18-25/h1-4,15-16,19,25H,5-14,17-18H2. The molecule has 0 saturated carbocycles. The molecule has 0 atom stereocenters. The van der Waals surface area contributed by atoms with E-state index >= 15 is 0 Å². The van der Waals surface area contributed by atoms with Crippen molar-refractivity contribution in [3.05, 3.63) is 64.2 Å². The fourth-order valence-electron chi connectivity index (χ4n) is 6.50. The van der Waals surface area contributed by atoms with Crippen molar-refractivity contribution in [2.24, 2.45) is 5.92 Å². The smallest absolute Gasteiger partial charge is 0.227 e. The molecular formula is C28H32N2O2. The van der Waals surface area contributed by atoms with Crippen molar-refractivity contribution in [2.45, 2.75) is 63.8 Å². The predicted molar refractivity (Wildman–Crippen MR) is 126 cm³/mol. The third-order valence-electron chi connectivity index (χ3n) is 8.35. The normalized spacial score (nSPS) is 21.1. The van der Waals surface area contributed by atoms with E-state index in [1.54, 1.807) is 0 Å². The second-order valence-electron chi connectivity index (χ2n) is 10.2. The maximum absolute atomic E-state index is 13.0. The van der Waals surface area contributed by atoms with E-state index in [0.29, 0.717) is 24.8 Å². The highest BCUT2D eigenvalue weighted by Crippen LogP contribution is 2.38. The van der Waals surface area contributed by atoms with Crippen LogP contribution < -0.4 is 4.90 Å². The van der Waals surface area contributed by atoms with Gasteiger partial charge in [0.2, 0.25) is 5.91 Å². The number of fused-ring (bicyclic) bond motifs is 1. The summed E-state index contributed by atoms with van der Waals surface area (Å²) in [6.45, 7) is 3.12. The first-order valence-electron chi connectivity index (χ1n) is 12.5. The molecule has 1 saturated heterocycles. The fraction of sp³-hybridized carbons (Fsp3) is 0.500. The lowest BCUT2D eigenvalue weighted by Gasteiger charge is -2.36. The van der Waals surface area contributed by atoms with Crippen LogP contribution in [0.15, 0.2) is 36.4 Å². The minimum absolute atomic E-state index is 0.239. The van der Waals surface area contributed by atoms with Gasteiger partial charge >= 0.3 is 0 Å². The van der Waals surface area contributed by atoms with Crippen LogP contribution in [0.4, 0.5) is 5.69 Å². The zero-order valence-corrected chi connectivity index (χ0v) is 18.8. The molecule has 3 aliphatic heterocycles. The molecule has 0 spiro atoms. The topological polar surface area (TPSA) is 40.6 Å². The molecule has 0 bridgehead atoms. The number of anilines is 1. The molecule has 4 heteroatoms. The molecule has 4 aliphatic rings. The van der Waals surface area contributed by atoms with Crippen LogP contribution in [0.2, 0.25) is 0 Å². The first-order chi connectivity index (χ1) is 15.7. The lowest BCUT2D eigenvalue weighted by molar-refractivity contribution is -0.118. The fourth-order valence-corrected chi connectivity index (χ4v) is 6.50. The van der Waals surface area contributed by atoms with Crippen molar-refractivity contribution in [1.29, 1.82) is 0 Å². The summed E-state index contributed by atoms with van der Waals surface area (Å²) in [6, 6.07) is 13.7. The molecule has 1 fully saturated rings. The molecular weight excluding hydrogens is 396 g/mol. The van der Waals surface area contributed by atoms with Gasteiger partial charge in [-0.1, -0.05) is 24.3 Å². The van der Waals surface area contributed by atoms with Crippen LogP contribution in [-0.2, 0) is 30.5 Å². The second kappa shape index (κ2) is 8.15. The van der Waals surface area contributed by atoms with E-state index in [9.17, 15) is 9.59 Å². The summed E-state index contributed by atoms with van der Waals surface area (Å²) < 4.78 is 0. The molecule has 0 aromatic heterocycles. The molecule has 2 aromatic carbocycles. The lowest BCUT2D eigenvalue weighted by Crippen LogP contribution is -2.42. The first-order valence-corrected chi connectivity index (χ1v) is 12.5. The number of carbonyl (C=O) groups is 2. The van der Waals surface area contributed by atoms with Crippen molar-refractivity contribution in [3.63, 3.8) is 0 Å². The highest BCUT2D eigenvalue weighted by atomic mass is 16.2. The van der Waals surface area contributed by atoms with Gasteiger partial charge in [-0.05, 0) is 98.3 Å². The zero-order valence-electron chi connectivity index (χ0n) is 18.8. The highest BCUT2D eigenvalue weighted by molar-refractivity contribution is 6.02. The van der Waals surface area contributed by atoms with Crippen molar-refractivity contribution < 1.29 is 9.59 Å². The molecule has 0 radical (unpaired) electrons. The van der Waals surface area contributed by atoms with E-state index < -0.39 is 0 Å². The molecule has 166 valence electrons. The number of amides is 1. The number of hydrogen-bond acceptors (Lipinski definition) is 3. The van der Waals surface area contributed by atoms with Crippen molar-refractivity contribution >= 4 is 17.4 Å². The van der Waals surface area contributed by atoms with E-state index in [4.69, 9.17) is 0 Å². The molecule has 2 aromatic rings. The molecule has 6 rings (SSSR count). The summed E-state index contributed by atoms with van der Waals surface area (Å²) >= 11 is 0. The number of rotatable bonds is 5. The molecule has 1 aliphatic carbocycles. The van der Waals surface area contributed by atoms with Gasteiger partial charge in [-0.2, -0.15) is 0 Å². The third kappa shape index (κ3) is 3.59. The van der Waals surface area contributed by atoms with Crippen LogP contribution in [-0.4, -0.2) is 42.3 Å². The Morgan fingerprint density at radius 3 is 2.28 bits per heavy atom. The van der Waals surface area contributed by atoms with Crippen LogP contribution in [0.25, 0.3) is 0 Å². The number of ketones is 1. The van der Waals surface area contributed by atoms with Gasteiger partial charge in [-0.25, -0.2) is 0 Å². The lowest BCUT2D eigenvalue weighted by atomic mass is 9.88. The van der Waals surface area contributed by atoms with Gasteiger partial charge in [0.15, 0.2) is 5.78 Å². The van der Waals surface area contributed by atoms with Crippen LogP contribution in [0.1, 0.15) is 64.7 Å². The maximum Gasteiger partial charge on any atom is 0.227 e. The number of nitrogens with zero attached hydrogens (tertiary/aromatic N) is 2. The molecule has 1 amide bonds. The summed E-state index contributed by atoms with van der Waals surface area (Å²) in [5.41, 5.74) is 7.45. The van der Waals surface area contributed by atoms with Gasteiger partial charge in [0.1, 0.15) is 0 Å². The minimum atomic E-state index is 0.239. The molecule has 3 heterocycles. The van der Waals surface area contributed by atoms with Gasteiger partial charge in [-0.3, -0.25) is 14.5 Å². The second-order valence-corrected chi connectivity index (χ2v) is 10.2. The van der Waals surface area contributed by atoms with Gasteiger partial charge in [0, 0.05) is 31.0 Å². The van der Waals surface area contributed by atoms with Gasteiger partial charge in [0.25, 0.3) is 0 Å². The van der Waals surface area contributed by atoms with Crippen LogP contribution in [0.3, 0.4) is 0 Å². The average molecular weight is 429 g/mol. The number of hydrogen-bond donors (Lipinski definition) is 0. The van der Waals surface area contributed by atoms with Gasteiger partial charge < -0.3 is 4.90 Å². The number of likely N-dealkylation sites (tertiary alicyclic amines) is 1. The SMILES string of the molecule is O=C(CCC1CCN(C2Cc3ccccc3C2)CC1)c1cc2c3c(c1)CCN3C(=O)CC2. The highest BCUT2D eigenvalue weighted by Gasteiger charge is 2.33. The molecule has 4 nitrogen and oxygen atoms in total. The van der Waals surface area contributed by atoms with E-state index in [1.165, 1.54) is 61.0 Å². The Kier molecular flexibility index (Phi) is 5.14. The predicted octanol–water partition coefficient (Wildman–Crippen LogP) is 4.36. The van der Waals surface area contributed by atoms with E-state index in [1.807, 2.05) is 4.90 Å². The first kappa shape index (κ1) is 20.2. The maximum atomic E-state index is 13.0. The molecule has 32 heavy (non-hydrogen) atoms. The van der Waals surface area contributed by atoms with Crippen LogP contribution >= 0.6 is 0 Å². The van der Waals surface area contributed by atoms with Crippen molar-refractivity contribution in [1.82, 2.24) is 4.90 Å². The summed E-state index contributed by atoms with van der Waals surface area (Å²) in [7, 11) is 0. The Labute approximate surface area is 190 Å². The quantitative estimate of drug-likeness (QED) is 0.664. The monoisotopic (exact) mass is 428 g/mol. The number of piperidine rings is 1. The summed E-state index contributed by atoms with van der Waals surface area (Å²) in [5, 5.41) is 0. The Morgan fingerprint density at radius 2 is 1.56 bits per heavy atom. The summed E-state index contributed by atoms with van der Waals surface area (Å²) in [4.78, 5) is 29.8. The minimum Gasteiger partial charge on any atom is -0.312 e. The number of Topliss-reactive ketones (excluding diaryl/α,β-unsaturated/α-hetero) is 1. The Balaban J connectivity index is 1.03. The van der Waals surface area contributed by atoms with E-state index in [2.05, 4.69) is 41.3 Å². The van der Waals surface area contributed by atoms with Gasteiger partial charge in [-0.15, -0.1) is 0 Å².